The van der Waals surface area contributed by atoms with Crippen molar-refractivity contribution in [2.75, 3.05) is 63.9 Å². The number of aromatic nitrogens is 4. The maximum absolute atomic E-state index is 14.7. The molecule has 0 amide bonds. The van der Waals surface area contributed by atoms with Crippen molar-refractivity contribution in [3.63, 3.8) is 0 Å². The minimum atomic E-state index is -3.42. The molecule has 0 bridgehead atoms. The van der Waals surface area contributed by atoms with Gasteiger partial charge in [-0.25, -0.2) is 4.98 Å². The zero-order chi connectivity index (χ0) is 29.9. The second-order valence-electron chi connectivity index (χ2n) is 9.87. The second kappa shape index (κ2) is 12.4. The molecule has 2 N–H and O–H groups in total. The monoisotopic (exact) mass is 663 g/mol. The summed E-state index contributed by atoms with van der Waals surface area (Å²) in [5.74, 6) is 0.826. The first kappa shape index (κ1) is 30.0. The topological polar surface area (TPSA) is 124 Å². The van der Waals surface area contributed by atoms with Gasteiger partial charge in [0.25, 0.3) is 0 Å². The Hall–Kier alpha value is -3.45. The molecule has 222 valence electrons. The maximum atomic E-state index is 14.7. The molecular formula is C27H29BrF2N7O4P. The van der Waals surface area contributed by atoms with Crippen LogP contribution in [0, 0.1) is 0 Å². The number of fused-ring (bicyclic) bond motifs is 1. The van der Waals surface area contributed by atoms with Gasteiger partial charge in [-0.15, -0.1) is 0 Å². The molecule has 1 aliphatic heterocycles. The summed E-state index contributed by atoms with van der Waals surface area (Å²) in [7, 11) is -1.35. The lowest BCUT2D eigenvalue weighted by Gasteiger charge is -2.30. The van der Waals surface area contributed by atoms with Crippen molar-refractivity contribution in [1.82, 2.24) is 24.8 Å². The number of morpholine rings is 1. The predicted molar refractivity (Wildman–Crippen MR) is 161 cm³/mol. The Morgan fingerprint density at radius 1 is 1.07 bits per heavy atom. The fourth-order valence-corrected chi connectivity index (χ4v) is 6.19. The second-order valence-corrected chi connectivity index (χ2v) is 13.9. The summed E-state index contributed by atoms with van der Waals surface area (Å²) in [6, 6.07) is 7.88. The highest BCUT2D eigenvalue weighted by Gasteiger charge is 2.35. The van der Waals surface area contributed by atoms with E-state index in [1.165, 1.54) is 31.5 Å². The van der Waals surface area contributed by atoms with Gasteiger partial charge in [-0.05, 0) is 53.5 Å². The largest absolute Gasteiger partial charge is 0.495 e. The zero-order valence-electron chi connectivity index (χ0n) is 23.1. The van der Waals surface area contributed by atoms with Crippen LogP contribution in [0.5, 0.6) is 11.5 Å². The Kier molecular flexibility index (Phi) is 8.88. The van der Waals surface area contributed by atoms with Crippen LogP contribution in [0.25, 0.3) is 11.0 Å². The predicted octanol–water partition coefficient (Wildman–Crippen LogP) is 5.23. The van der Waals surface area contributed by atoms with E-state index in [-0.39, 0.29) is 11.7 Å². The highest BCUT2D eigenvalue weighted by Crippen LogP contribution is 2.41. The average molecular weight is 664 g/mol. The van der Waals surface area contributed by atoms with Crippen LogP contribution in [0.2, 0.25) is 0 Å². The van der Waals surface area contributed by atoms with Crippen molar-refractivity contribution < 1.29 is 27.6 Å². The van der Waals surface area contributed by atoms with E-state index in [4.69, 9.17) is 14.2 Å². The minimum Gasteiger partial charge on any atom is -0.495 e. The molecular weight excluding hydrogens is 635 g/mol. The normalized spacial score (nSPS) is 14.5. The number of anilines is 4. The third kappa shape index (κ3) is 7.12. The molecule has 15 heteroatoms. The number of hydrogen-bond acceptors (Lipinski definition) is 11. The quantitative estimate of drug-likeness (QED) is 0.217. The smallest absolute Gasteiger partial charge is 0.410 e. The SMILES string of the molecule is COc1ccc(OC(F)(F)CN2CCOCC2)cc1Nc1ncc(Br)c(Nc2ccc3nccnc3c2P(C)(C)=O)n1. The summed E-state index contributed by atoms with van der Waals surface area (Å²) in [5.41, 5.74) is 2.03. The molecule has 0 aliphatic carbocycles. The molecule has 1 aliphatic rings. The number of nitrogens with zero attached hydrogens (tertiary/aromatic N) is 5. The molecule has 0 radical (unpaired) electrons. The molecule has 1 fully saturated rings. The van der Waals surface area contributed by atoms with E-state index in [1.807, 2.05) is 0 Å². The average Bonchev–Trinajstić information content (AvgIpc) is 2.94. The van der Waals surface area contributed by atoms with Crippen molar-refractivity contribution in [3.8, 4) is 11.5 Å². The summed E-state index contributed by atoms with van der Waals surface area (Å²) < 4.78 is 59.0. The first-order chi connectivity index (χ1) is 20.0. The van der Waals surface area contributed by atoms with E-state index in [1.54, 1.807) is 42.8 Å². The zero-order valence-corrected chi connectivity index (χ0v) is 25.6. The molecule has 2 aromatic carbocycles. The molecule has 0 atom stereocenters. The standard InChI is InChI=1S/C27H29BrF2N7O4P/c1-39-22-7-4-17(41-27(29,30)16-37-10-12-40-13-11-37)14-21(22)35-26-33-15-18(28)25(36-26)34-20-6-5-19-23(32-9-8-31-19)24(20)42(2,3)38/h4-9,14-15H,10-13,16H2,1-3H3,(H2,33,34,35,36). The lowest BCUT2D eigenvalue weighted by atomic mass is 10.2. The number of methoxy groups -OCH3 is 1. The van der Waals surface area contributed by atoms with Gasteiger partial charge in [-0.2, -0.15) is 13.8 Å². The number of ether oxygens (including phenoxy) is 3. The van der Waals surface area contributed by atoms with Crippen LogP contribution in [0.1, 0.15) is 0 Å². The van der Waals surface area contributed by atoms with Crippen molar-refractivity contribution in [1.29, 1.82) is 0 Å². The molecule has 4 aromatic rings. The molecule has 1 saturated heterocycles. The van der Waals surface area contributed by atoms with Crippen LogP contribution >= 0.6 is 23.1 Å². The van der Waals surface area contributed by atoms with Gasteiger partial charge in [0.1, 0.15) is 36.5 Å². The summed E-state index contributed by atoms with van der Waals surface area (Å²) >= 11 is 3.46. The van der Waals surface area contributed by atoms with Crippen molar-refractivity contribution in [3.05, 3.63) is 53.4 Å². The molecule has 2 aromatic heterocycles. The van der Waals surface area contributed by atoms with Gasteiger partial charge in [0, 0.05) is 37.7 Å². The van der Waals surface area contributed by atoms with Crippen LogP contribution in [0.4, 0.5) is 31.9 Å². The van der Waals surface area contributed by atoms with Crippen LogP contribution in [-0.2, 0) is 9.30 Å². The Labute approximate surface area is 249 Å². The van der Waals surface area contributed by atoms with Gasteiger partial charge in [-0.1, -0.05) is 0 Å². The third-order valence-corrected chi connectivity index (χ3v) is 8.46. The lowest BCUT2D eigenvalue weighted by molar-refractivity contribution is -0.193. The number of nitrogens with one attached hydrogen (secondary N) is 2. The van der Waals surface area contributed by atoms with Crippen molar-refractivity contribution >= 4 is 62.6 Å². The fraction of sp³-hybridized carbons (Fsp3) is 0.333. The van der Waals surface area contributed by atoms with Crippen molar-refractivity contribution in [2.45, 2.75) is 6.11 Å². The lowest BCUT2D eigenvalue weighted by Crippen LogP contribution is -2.45. The van der Waals surface area contributed by atoms with Gasteiger partial charge < -0.3 is 29.4 Å². The molecule has 3 heterocycles. The highest BCUT2D eigenvalue weighted by molar-refractivity contribution is 9.10. The van der Waals surface area contributed by atoms with E-state index in [9.17, 15) is 13.3 Å². The van der Waals surface area contributed by atoms with E-state index in [2.05, 4.69) is 46.5 Å². The number of hydrogen-bond donors (Lipinski definition) is 2. The summed E-state index contributed by atoms with van der Waals surface area (Å²) in [6.45, 7) is 4.40. The maximum Gasteiger partial charge on any atom is 0.410 e. The van der Waals surface area contributed by atoms with E-state index < -0.39 is 19.8 Å². The van der Waals surface area contributed by atoms with Gasteiger partial charge in [-0.3, -0.25) is 14.9 Å². The van der Waals surface area contributed by atoms with Crippen LogP contribution < -0.4 is 25.4 Å². The summed E-state index contributed by atoms with van der Waals surface area (Å²) in [5, 5.41) is 6.79. The molecule has 5 rings (SSSR count). The van der Waals surface area contributed by atoms with Crippen molar-refractivity contribution in [2.24, 2.45) is 0 Å². The first-order valence-electron chi connectivity index (χ1n) is 12.9. The molecule has 42 heavy (non-hydrogen) atoms. The van der Waals surface area contributed by atoms with E-state index in [0.29, 0.717) is 70.1 Å². The molecule has 0 spiro atoms. The fourth-order valence-electron chi connectivity index (χ4n) is 4.50. The summed E-state index contributed by atoms with van der Waals surface area (Å²) in [6.07, 6.45) is 1.24. The van der Waals surface area contributed by atoms with E-state index in [0.717, 1.165) is 0 Å². The first-order valence-corrected chi connectivity index (χ1v) is 16.3. The Morgan fingerprint density at radius 3 is 2.57 bits per heavy atom. The Balaban J connectivity index is 1.40. The molecule has 0 saturated carbocycles. The third-order valence-electron chi connectivity index (χ3n) is 6.35. The Bertz CT molecular complexity index is 1640. The minimum absolute atomic E-state index is 0.0596. The van der Waals surface area contributed by atoms with Crippen LogP contribution in [-0.4, -0.2) is 84.2 Å². The van der Waals surface area contributed by atoms with E-state index >= 15 is 0 Å². The number of halogens is 3. The van der Waals surface area contributed by atoms with Gasteiger partial charge in [0.05, 0.1) is 47.0 Å². The Morgan fingerprint density at radius 2 is 1.83 bits per heavy atom. The van der Waals surface area contributed by atoms with Gasteiger partial charge in [0.2, 0.25) is 5.95 Å². The van der Waals surface area contributed by atoms with Crippen LogP contribution in [0.15, 0.2) is 53.4 Å². The van der Waals surface area contributed by atoms with Crippen LogP contribution in [0.3, 0.4) is 0 Å². The van der Waals surface area contributed by atoms with Gasteiger partial charge >= 0.3 is 6.11 Å². The molecule has 11 nitrogen and oxygen atoms in total. The summed E-state index contributed by atoms with van der Waals surface area (Å²) in [4.78, 5) is 19.2. The number of alkyl halides is 2. The molecule has 0 unspecified atom stereocenters. The van der Waals surface area contributed by atoms with Gasteiger partial charge in [0.15, 0.2) is 0 Å². The number of benzene rings is 2. The highest BCUT2D eigenvalue weighted by atomic mass is 79.9. The number of rotatable bonds is 10.